The first-order chi connectivity index (χ1) is 8.27. The lowest BCUT2D eigenvalue weighted by Gasteiger charge is -2.07. The Morgan fingerprint density at radius 2 is 2.47 bits per heavy atom. The summed E-state index contributed by atoms with van der Waals surface area (Å²) in [6, 6.07) is 3.61. The Hall–Kier alpha value is -2.13. The molecule has 0 bridgehead atoms. The van der Waals surface area contributed by atoms with Gasteiger partial charge >= 0.3 is 0 Å². The molecule has 90 valence electrons. The van der Waals surface area contributed by atoms with Crippen LogP contribution >= 0.6 is 0 Å². The summed E-state index contributed by atoms with van der Waals surface area (Å²) in [6.45, 7) is 1.04. The van der Waals surface area contributed by atoms with E-state index in [4.69, 9.17) is 10.00 Å². The van der Waals surface area contributed by atoms with Crippen LogP contribution in [0.3, 0.4) is 0 Å². The normalized spacial score (nSPS) is 9.41. The molecule has 17 heavy (non-hydrogen) atoms. The van der Waals surface area contributed by atoms with Crippen molar-refractivity contribution in [3.05, 3.63) is 24.0 Å². The van der Waals surface area contributed by atoms with Gasteiger partial charge in [-0.05, 0) is 6.07 Å². The molecular formula is C11H14N4O2. The molecule has 1 rings (SSSR count). The van der Waals surface area contributed by atoms with Crippen molar-refractivity contribution < 1.29 is 9.53 Å². The van der Waals surface area contributed by atoms with E-state index in [1.54, 1.807) is 13.2 Å². The molecule has 0 aromatic carbocycles. The van der Waals surface area contributed by atoms with Gasteiger partial charge in [-0.2, -0.15) is 5.26 Å². The minimum Gasteiger partial charge on any atom is -0.383 e. The van der Waals surface area contributed by atoms with Gasteiger partial charge in [-0.3, -0.25) is 9.78 Å². The number of anilines is 1. The van der Waals surface area contributed by atoms with E-state index in [1.165, 1.54) is 12.4 Å². The van der Waals surface area contributed by atoms with Crippen molar-refractivity contribution >= 4 is 11.6 Å². The largest absolute Gasteiger partial charge is 0.383 e. The molecule has 0 unspecified atom stereocenters. The van der Waals surface area contributed by atoms with E-state index in [0.717, 1.165) is 0 Å². The monoisotopic (exact) mass is 234 g/mol. The lowest BCUT2D eigenvalue weighted by Crippen LogP contribution is -2.32. The van der Waals surface area contributed by atoms with E-state index in [1.807, 2.05) is 6.07 Å². The smallest absolute Gasteiger partial charge is 0.239 e. The molecular weight excluding hydrogens is 220 g/mol. The van der Waals surface area contributed by atoms with Gasteiger partial charge in [0.1, 0.15) is 6.07 Å². The van der Waals surface area contributed by atoms with Crippen molar-refractivity contribution in [1.82, 2.24) is 10.3 Å². The number of carbonyl (C=O) groups is 1. The molecule has 1 amide bonds. The average molecular weight is 234 g/mol. The van der Waals surface area contributed by atoms with Crippen LogP contribution in [-0.4, -0.2) is 37.7 Å². The fourth-order valence-electron chi connectivity index (χ4n) is 1.16. The van der Waals surface area contributed by atoms with Crippen LogP contribution in [0.4, 0.5) is 5.69 Å². The van der Waals surface area contributed by atoms with Crippen molar-refractivity contribution in [2.45, 2.75) is 0 Å². The number of nitrogens with zero attached hydrogens (tertiary/aromatic N) is 2. The highest BCUT2D eigenvalue weighted by molar-refractivity contribution is 5.81. The van der Waals surface area contributed by atoms with Crippen molar-refractivity contribution in [2.24, 2.45) is 0 Å². The standard InChI is InChI=1S/C11H14N4O2/c1-17-5-4-14-11(16)8-15-10-7-13-3-2-9(10)6-12/h2-3,7,15H,4-5,8H2,1H3,(H,14,16). The second-order valence-electron chi connectivity index (χ2n) is 3.23. The van der Waals surface area contributed by atoms with Crippen molar-refractivity contribution in [2.75, 3.05) is 32.1 Å². The van der Waals surface area contributed by atoms with Crippen molar-refractivity contribution in [1.29, 1.82) is 5.26 Å². The van der Waals surface area contributed by atoms with E-state index < -0.39 is 0 Å². The maximum Gasteiger partial charge on any atom is 0.239 e. The molecule has 0 fully saturated rings. The first-order valence-electron chi connectivity index (χ1n) is 5.11. The zero-order valence-corrected chi connectivity index (χ0v) is 9.56. The van der Waals surface area contributed by atoms with Crippen molar-refractivity contribution in [3.8, 4) is 6.07 Å². The minimum atomic E-state index is -0.158. The molecule has 0 aliphatic rings. The summed E-state index contributed by atoms with van der Waals surface area (Å²) in [6.07, 6.45) is 3.05. The zero-order valence-electron chi connectivity index (χ0n) is 9.56. The summed E-state index contributed by atoms with van der Waals surface area (Å²) in [4.78, 5) is 15.2. The van der Waals surface area contributed by atoms with E-state index in [2.05, 4.69) is 15.6 Å². The highest BCUT2D eigenvalue weighted by Gasteiger charge is 2.03. The van der Waals surface area contributed by atoms with E-state index in [-0.39, 0.29) is 12.5 Å². The third kappa shape index (κ3) is 4.49. The molecule has 1 aromatic rings. The quantitative estimate of drug-likeness (QED) is 0.683. The molecule has 2 N–H and O–H groups in total. The van der Waals surface area contributed by atoms with Gasteiger partial charge in [0.25, 0.3) is 0 Å². The maximum absolute atomic E-state index is 11.4. The Kier molecular flexibility index (Phi) is 5.47. The van der Waals surface area contributed by atoms with Gasteiger partial charge in [0, 0.05) is 19.9 Å². The van der Waals surface area contributed by atoms with Crippen LogP contribution in [0.5, 0.6) is 0 Å². The fraction of sp³-hybridized carbons (Fsp3) is 0.364. The summed E-state index contributed by atoms with van der Waals surface area (Å²) in [5.41, 5.74) is 1.02. The van der Waals surface area contributed by atoms with Crippen LogP contribution in [0, 0.1) is 11.3 Å². The number of nitrogens with one attached hydrogen (secondary N) is 2. The topological polar surface area (TPSA) is 87.0 Å². The van der Waals surface area contributed by atoms with Crippen LogP contribution in [0.1, 0.15) is 5.56 Å². The summed E-state index contributed by atoms with van der Waals surface area (Å²) in [7, 11) is 1.57. The molecule has 1 heterocycles. The van der Waals surface area contributed by atoms with E-state index >= 15 is 0 Å². The molecule has 0 aliphatic heterocycles. The third-order valence-electron chi connectivity index (χ3n) is 2.01. The number of pyridine rings is 1. The number of amides is 1. The lowest BCUT2D eigenvalue weighted by molar-refractivity contribution is -0.119. The van der Waals surface area contributed by atoms with Crippen LogP contribution in [0.2, 0.25) is 0 Å². The molecule has 0 radical (unpaired) electrons. The van der Waals surface area contributed by atoms with Gasteiger partial charge in [-0.15, -0.1) is 0 Å². The third-order valence-corrected chi connectivity index (χ3v) is 2.01. The second kappa shape index (κ2) is 7.19. The predicted octanol–water partition coefficient (Wildman–Crippen LogP) is 0.128. The van der Waals surface area contributed by atoms with Crippen LogP contribution in [0.15, 0.2) is 18.5 Å². The molecule has 0 atom stereocenters. The number of aromatic nitrogens is 1. The number of methoxy groups -OCH3 is 1. The average Bonchev–Trinajstić information content (AvgIpc) is 2.37. The van der Waals surface area contributed by atoms with E-state index in [9.17, 15) is 4.79 Å². The molecule has 6 heteroatoms. The van der Waals surface area contributed by atoms with Gasteiger partial charge in [-0.25, -0.2) is 0 Å². The fourth-order valence-corrected chi connectivity index (χ4v) is 1.16. The van der Waals surface area contributed by atoms with Gasteiger partial charge in [0.05, 0.1) is 30.6 Å². The van der Waals surface area contributed by atoms with Gasteiger partial charge in [0.2, 0.25) is 5.91 Å². The van der Waals surface area contributed by atoms with Gasteiger partial charge in [-0.1, -0.05) is 0 Å². The van der Waals surface area contributed by atoms with Crippen LogP contribution in [-0.2, 0) is 9.53 Å². The Morgan fingerprint density at radius 3 is 3.18 bits per heavy atom. The van der Waals surface area contributed by atoms with Gasteiger partial charge < -0.3 is 15.4 Å². The number of rotatable bonds is 6. The SMILES string of the molecule is COCCNC(=O)CNc1cnccc1C#N. The second-order valence-corrected chi connectivity index (χ2v) is 3.23. The number of nitriles is 1. The number of ether oxygens (including phenoxy) is 1. The Labute approximate surface area is 99.6 Å². The summed E-state index contributed by atoms with van der Waals surface area (Å²) < 4.78 is 4.80. The maximum atomic E-state index is 11.4. The molecule has 0 aliphatic carbocycles. The molecule has 1 aromatic heterocycles. The summed E-state index contributed by atoms with van der Waals surface area (Å²) in [5.74, 6) is -0.158. The molecule has 0 saturated carbocycles. The van der Waals surface area contributed by atoms with Crippen LogP contribution in [0.25, 0.3) is 0 Å². The number of hydrogen-bond donors (Lipinski definition) is 2. The molecule has 6 nitrogen and oxygen atoms in total. The summed E-state index contributed by atoms with van der Waals surface area (Å²) >= 11 is 0. The summed E-state index contributed by atoms with van der Waals surface area (Å²) in [5, 5.41) is 14.3. The van der Waals surface area contributed by atoms with Crippen molar-refractivity contribution in [3.63, 3.8) is 0 Å². The first-order valence-corrected chi connectivity index (χ1v) is 5.11. The number of hydrogen-bond acceptors (Lipinski definition) is 5. The van der Waals surface area contributed by atoms with Crippen LogP contribution < -0.4 is 10.6 Å². The van der Waals surface area contributed by atoms with E-state index in [0.29, 0.717) is 24.4 Å². The first kappa shape index (κ1) is 12.9. The highest BCUT2D eigenvalue weighted by atomic mass is 16.5. The zero-order chi connectivity index (χ0) is 12.5. The predicted molar refractivity (Wildman–Crippen MR) is 62.3 cm³/mol. The molecule has 0 saturated heterocycles. The molecule has 0 spiro atoms. The Balaban J connectivity index is 2.40. The Morgan fingerprint density at radius 1 is 1.65 bits per heavy atom. The lowest BCUT2D eigenvalue weighted by atomic mass is 10.2. The van der Waals surface area contributed by atoms with Gasteiger partial charge in [0.15, 0.2) is 0 Å². The Bertz CT molecular complexity index is 414. The number of carbonyl (C=O) groups excluding carboxylic acids is 1. The highest BCUT2D eigenvalue weighted by Crippen LogP contribution is 2.10. The minimum absolute atomic E-state index is 0.101.